The monoisotopic (exact) mass is 223 g/mol. The third-order valence-corrected chi connectivity index (χ3v) is 2.37. The topological polar surface area (TPSA) is 20.3 Å². The summed E-state index contributed by atoms with van der Waals surface area (Å²) in [5.74, 6) is -0.321. The third-order valence-electron chi connectivity index (χ3n) is 2.37. The van der Waals surface area contributed by atoms with Crippen molar-refractivity contribution < 1.29 is 9.18 Å². The molecular formula is C13H18FNO. The average molecular weight is 223 g/mol. The molecule has 0 radical (unpaired) electrons. The van der Waals surface area contributed by atoms with Gasteiger partial charge in [0.15, 0.2) is 0 Å². The Bertz CT molecular complexity index is 328. The van der Waals surface area contributed by atoms with Gasteiger partial charge in [-0.3, -0.25) is 4.79 Å². The molecule has 0 aliphatic rings. The molecule has 0 atom stereocenters. The van der Waals surface area contributed by atoms with Crippen molar-refractivity contribution in [2.24, 2.45) is 0 Å². The summed E-state index contributed by atoms with van der Waals surface area (Å²) in [4.78, 5) is 13.9. The number of benzene rings is 1. The number of rotatable bonds is 5. The molecule has 3 heteroatoms. The van der Waals surface area contributed by atoms with E-state index in [1.807, 2.05) is 18.7 Å². The summed E-state index contributed by atoms with van der Waals surface area (Å²) in [5, 5.41) is 0. The van der Waals surface area contributed by atoms with Crippen LogP contribution in [0.2, 0.25) is 0 Å². The maximum Gasteiger partial charge on any atom is 0.253 e. The van der Waals surface area contributed by atoms with Crippen LogP contribution in [0.25, 0.3) is 0 Å². The maximum absolute atomic E-state index is 12.7. The molecule has 1 aromatic carbocycles. The number of amides is 1. The Morgan fingerprint density at radius 1 is 1.12 bits per heavy atom. The van der Waals surface area contributed by atoms with Gasteiger partial charge in [-0.15, -0.1) is 0 Å². The van der Waals surface area contributed by atoms with E-state index in [1.54, 1.807) is 0 Å². The Hall–Kier alpha value is -1.38. The summed E-state index contributed by atoms with van der Waals surface area (Å²) >= 11 is 0. The highest BCUT2D eigenvalue weighted by molar-refractivity contribution is 5.94. The summed E-state index contributed by atoms with van der Waals surface area (Å²) in [6, 6.07) is 5.72. The minimum Gasteiger partial charge on any atom is -0.339 e. The molecule has 0 aromatic heterocycles. The van der Waals surface area contributed by atoms with E-state index in [4.69, 9.17) is 0 Å². The molecule has 0 heterocycles. The molecule has 0 fully saturated rings. The fourth-order valence-electron chi connectivity index (χ4n) is 1.63. The molecule has 0 N–H and O–H groups in total. The quantitative estimate of drug-likeness (QED) is 0.751. The van der Waals surface area contributed by atoms with Crippen molar-refractivity contribution in [3.05, 3.63) is 35.6 Å². The van der Waals surface area contributed by atoms with E-state index < -0.39 is 0 Å². The molecule has 0 saturated heterocycles. The number of nitrogens with zero attached hydrogens (tertiary/aromatic N) is 1. The molecule has 0 saturated carbocycles. The summed E-state index contributed by atoms with van der Waals surface area (Å²) in [7, 11) is 0. The van der Waals surface area contributed by atoms with E-state index in [1.165, 1.54) is 24.3 Å². The van der Waals surface area contributed by atoms with Gasteiger partial charge in [0.1, 0.15) is 5.82 Å². The second-order valence-electron chi connectivity index (χ2n) is 3.80. The SMILES string of the molecule is CCCN(CCC)C(=O)c1ccc(F)cc1. The Balaban J connectivity index is 2.77. The van der Waals surface area contributed by atoms with Gasteiger partial charge in [0.2, 0.25) is 0 Å². The van der Waals surface area contributed by atoms with E-state index in [2.05, 4.69) is 0 Å². The molecule has 16 heavy (non-hydrogen) atoms. The summed E-state index contributed by atoms with van der Waals surface area (Å²) in [6.07, 6.45) is 1.87. The molecule has 1 amide bonds. The first-order valence-electron chi connectivity index (χ1n) is 5.73. The Kier molecular flexibility index (Phi) is 4.96. The van der Waals surface area contributed by atoms with E-state index >= 15 is 0 Å². The van der Waals surface area contributed by atoms with Crippen molar-refractivity contribution >= 4 is 5.91 Å². The zero-order chi connectivity index (χ0) is 12.0. The number of carbonyl (C=O) groups is 1. The predicted molar refractivity (Wildman–Crippen MR) is 62.9 cm³/mol. The van der Waals surface area contributed by atoms with E-state index in [-0.39, 0.29) is 11.7 Å². The normalized spacial score (nSPS) is 10.2. The van der Waals surface area contributed by atoms with Gasteiger partial charge in [0.25, 0.3) is 5.91 Å². The fourth-order valence-corrected chi connectivity index (χ4v) is 1.63. The van der Waals surface area contributed by atoms with E-state index in [0.29, 0.717) is 5.56 Å². The van der Waals surface area contributed by atoms with E-state index in [0.717, 1.165) is 25.9 Å². The van der Waals surface area contributed by atoms with Crippen LogP contribution in [0.5, 0.6) is 0 Å². The lowest BCUT2D eigenvalue weighted by atomic mass is 10.2. The van der Waals surface area contributed by atoms with Gasteiger partial charge in [-0.05, 0) is 37.1 Å². The number of hydrogen-bond acceptors (Lipinski definition) is 1. The second kappa shape index (κ2) is 6.26. The van der Waals surface area contributed by atoms with Crippen LogP contribution < -0.4 is 0 Å². The molecule has 2 nitrogen and oxygen atoms in total. The van der Waals surface area contributed by atoms with Crippen LogP contribution in [0, 0.1) is 5.82 Å². The van der Waals surface area contributed by atoms with Gasteiger partial charge in [0, 0.05) is 18.7 Å². The fraction of sp³-hybridized carbons (Fsp3) is 0.462. The van der Waals surface area contributed by atoms with Crippen LogP contribution in [0.1, 0.15) is 37.0 Å². The number of halogens is 1. The summed E-state index contributed by atoms with van der Waals surface area (Å²) in [5.41, 5.74) is 0.559. The largest absolute Gasteiger partial charge is 0.339 e. The zero-order valence-electron chi connectivity index (χ0n) is 9.87. The molecule has 88 valence electrons. The highest BCUT2D eigenvalue weighted by Gasteiger charge is 2.13. The van der Waals surface area contributed by atoms with Crippen LogP contribution in [0.3, 0.4) is 0 Å². The van der Waals surface area contributed by atoms with Crippen LogP contribution in [0.15, 0.2) is 24.3 Å². The molecule has 0 unspecified atom stereocenters. The maximum atomic E-state index is 12.7. The van der Waals surface area contributed by atoms with E-state index in [9.17, 15) is 9.18 Å². The van der Waals surface area contributed by atoms with Gasteiger partial charge >= 0.3 is 0 Å². The standard InChI is InChI=1S/C13H18FNO/c1-3-9-15(10-4-2)13(16)11-5-7-12(14)8-6-11/h5-8H,3-4,9-10H2,1-2H3. The van der Waals surface area contributed by atoms with Gasteiger partial charge in [0.05, 0.1) is 0 Å². The highest BCUT2D eigenvalue weighted by Crippen LogP contribution is 2.08. The highest BCUT2D eigenvalue weighted by atomic mass is 19.1. The van der Waals surface area contributed by atoms with Crippen molar-refractivity contribution in [3.63, 3.8) is 0 Å². The van der Waals surface area contributed by atoms with Crippen LogP contribution in [-0.4, -0.2) is 23.9 Å². The molecular weight excluding hydrogens is 205 g/mol. The van der Waals surface area contributed by atoms with Crippen LogP contribution in [-0.2, 0) is 0 Å². The molecule has 1 rings (SSSR count). The number of carbonyl (C=O) groups excluding carboxylic acids is 1. The van der Waals surface area contributed by atoms with Crippen molar-refractivity contribution in [2.45, 2.75) is 26.7 Å². The average Bonchev–Trinajstić information content (AvgIpc) is 2.29. The number of hydrogen-bond donors (Lipinski definition) is 0. The van der Waals surface area contributed by atoms with Gasteiger partial charge in [-0.1, -0.05) is 13.8 Å². The van der Waals surface area contributed by atoms with Crippen molar-refractivity contribution in [2.75, 3.05) is 13.1 Å². The Morgan fingerprint density at radius 2 is 1.62 bits per heavy atom. The molecule has 0 bridgehead atoms. The van der Waals surface area contributed by atoms with Gasteiger partial charge in [-0.25, -0.2) is 4.39 Å². The first kappa shape index (κ1) is 12.7. The minimum absolute atomic E-state index is 0.0105. The second-order valence-corrected chi connectivity index (χ2v) is 3.80. The van der Waals surface area contributed by atoms with Crippen molar-refractivity contribution in [3.8, 4) is 0 Å². The first-order valence-corrected chi connectivity index (χ1v) is 5.73. The lowest BCUT2D eigenvalue weighted by Gasteiger charge is -2.21. The van der Waals surface area contributed by atoms with Crippen molar-refractivity contribution in [1.82, 2.24) is 4.90 Å². The third kappa shape index (κ3) is 3.33. The Labute approximate surface area is 96.1 Å². The summed E-state index contributed by atoms with van der Waals surface area (Å²) < 4.78 is 12.7. The zero-order valence-corrected chi connectivity index (χ0v) is 9.87. The molecule has 0 spiro atoms. The summed E-state index contributed by atoms with van der Waals surface area (Å²) in [6.45, 7) is 5.59. The van der Waals surface area contributed by atoms with Crippen molar-refractivity contribution in [1.29, 1.82) is 0 Å². The molecule has 1 aromatic rings. The van der Waals surface area contributed by atoms with Crippen LogP contribution >= 0.6 is 0 Å². The minimum atomic E-state index is -0.311. The molecule has 0 aliphatic heterocycles. The van der Waals surface area contributed by atoms with Gasteiger partial charge in [-0.2, -0.15) is 0 Å². The Morgan fingerprint density at radius 3 is 2.06 bits per heavy atom. The van der Waals surface area contributed by atoms with Gasteiger partial charge < -0.3 is 4.90 Å². The lowest BCUT2D eigenvalue weighted by Crippen LogP contribution is -2.32. The first-order chi connectivity index (χ1) is 7.69. The molecule has 0 aliphatic carbocycles. The predicted octanol–water partition coefficient (Wildman–Crippen LogP) is 3.09. The lowest BCUT2D eigenvalue weighted by molar-refractivity contribution is 0.0755. The smallest absolute Gasteiger partial charge is 0.253 e. The van der Waals surface area contributed by atoms with Crippen LogP contribution in [0.4, 0.5) is 4.39 Å².